The summed E-state index contributed by atoms with van der Waals surface area (Å²) in [5.41, 5.74) is 3.14. The molecule has 1 N–H and O–H groups in total. The van der Waals surface area contributed by atoms with Crippen LogP contribution in [0.2, 0.25) is 5.02 Å². The fourth-order valence-corrected chi connectivity index (χ4v) is 3.55. The Hall–Kier alpha value is -3.38. The Bertz CT molecular complexity index is 1290. The average molecular weight is 422 g/mol. The van der Waals surface area contributed by atoms with Crippen molar-refractivity contribution in [1.82, 2.24) is 9.55 Å². The third-order valence-electron chi connectivity index (χ3n) is 5.07. The Morgan fingerprint density at radius 2 is 1.97 bits per heavy atom. The Morgan fingerprint density at radius 1 is 1.20 bits per heavy atom. The number of rotatable bonds is 6. The van der Waals surface area contributed by atoms with Gasteiger partial charge in [-0.25, -0.2) is 4.98 Å². The van der Waals surface area contributed by atoms with Gasteiger partial charge in [-0.15, -0.1) is 0 Å². The van der Waals surface area contributed by atoms with Crippen molar-refractivity contribution >= 4 is 40.5 Å². The number of hydrogen-bond donors (Lipinski definition) is 1. The number of fused-ring (bicyclic) bond motifs is 1. The van der Waals surface area contributed by atoms with Gasteiger partial charge in [0.05, 0.1) is 12.1 Å². The van der Waals surface area contributed by atoms with Crippen LogP contribution in [0.3, 0.4) is 0 Å². The fourth-order valence-electron chi connectivity index (χ4n) is 3.42. The van der Waals surface area contributed by atoms with Crippen molar-refractivity contribution in [2.24, 2.45) is 0 Å². The number of aromatic nitrogens is 2. The van der Waals surface area contributed by atoms with Crippen LogP contribution >= 0.6 is 11.6 Å². The van der Waals surface area contributed by atoms with Crippen molar-refractivity contribution in [2.45, 2.75) is 26.8 Å². The molecular formula is C23H20ClN3O3. The first-order valence-electron chi connectivity index (χ1n) is 9.58. The van der Waals surface area contributed by atoms with Gasteiger partial charge in [-0.3, -0.25) is 14.2 Å². The van der Waals surface area contributed by atoms with E-state index in [0.29, 0.717) is 17.3 Å². The molecule has 0 saturated carbocycles. The van der Waals surface area contributed by atoms with Gasteiger partial charge in [0, 0.05) is 28.7 Å². The summed E-state index contributed by atoms with van der Waals surface area (Å²) in [5, 5.41) is 4.83. The summed E-state index contributed by atoms with van der Waals surface area (Å²) in [6.07, 6.45) is 2.62. The van der Waals surface area contributed by atoms with Crippen LogP contribution in [0, 0.1) is 6.92 Å². The number of aldehydes is 1. The van der Waals surface area contributed by atoms with Crippen molar-refractivity contribution in [1.29, 1.82) is 0 Å². The van der Waals surface area contributed by atoms with Gasteiger partial charge < -0.3 is 9.73 Å². The molecule has 0 unspecified atom stereocenters. The number of furan rings is 1. The molecule has 0 spiro atoms. The highest BCUT2D eigenvalue weighted by Gasteiger charge is 2.13. The van der Waals surface area contributed by atoms with Gasteiger partial charge in [-0.05, 0) is 48.4 Å². The zero-order chi connectivity index (χ0) is 21.3. The normalized spacial score (nSPS) is 11.0. The molecule has 0 aliphatic heterocycles. The minimum Gasteiger partial charge on any atom is -0.461 e. The maximum Gasteiger partial charge on any atom is 0.265 e. The number of nitrogens with one attached hydrogen (secondary N) is 1. The lowest BCUT2D eigenvalue weighted by molar-refractivity contribution is 0.112. The van der Waals surface area contributed by atoms with Crippen molar-refractivity contribution in [3.63, 3.8) is 0 Å². The highest BCUT2D eigenvalue weighted by Crippen LogP contribution is 2.29. The van der Waals surface area contributed by atoms with E-state index in [1.54, 1.807) is 12.1 Å². The van der Waals surface area contributed by atoms with E-state index in [0.717, 1.165) is 40.0 Å². The zero-order valence-corrected chi connectivity index (χ0v) is 17.4. The largest absolute Gasteiger partial charge is 0.461 e. The molecule has 0 aliphatic carbocycles. The standard InChI is InChI=1S/C23H20ClN3O3/c1-3-20-14(2)19-10-18(8-9-21(19)30-20)26-23-25-11-16(13-28)22(29)27(23)12-15-4-6-17(24)7-5-15/h4-11,13H,3,12H2,1-2H3,(H,25,26). The number of aryl methyl sites for hydroxylation is 2. The van der Waals surface area contributed by atoms with E-state index in [1.165, 1.54) is 10.8 Å². The number of halogens is 1. The third-order valence-corrected chi connectivity index (χ3v) is 5.32. The highest BCUT2D eigenvalue weighted by atomic mass is 35.5. The van der Waals surface area contributed by atoms with E-state index in [9.17, 15) is 9.59 Å². The van der Waals surface area contributed by atoms with Gasteiger partial charge in [0.2, 0.25) is 5.95 Å². The Balaban J connectivity index is 1.75. The molecule has 0 amide bonds. The van der Waals surface area contributed by atoms with Crippen LogP contribution in [-0.2, 0) is 13.0 Å². The molecule has 0 aliphatic rings. The zero-order valence-electron chi connectivity index (χ0n) is 16.6. The Kier molecular flexibility index (Phi) is 5.42. The van der Waals surface area contributed by atoms with Crippen molar-refractivity contribution in [3.05, 3.63) is 86.5 Å². The molecule has 0 atom stereocenters. The van der Waals surface area contributed by atoms with Gasteiger partial charge in [0.15, 0.2) is 6.29 Å². The maximum absolute atomic E-state index is 12.8. The molecule has 4 rings (SSSR count). The van der Waals surface area contributed by atoms with E-state index in [2.05, 4.69) is 17.2 Å². The quantitative estimate of drug-likeness (QED) is 0.437. The summed E-state index contributed by atoms with van der Waals surface area (Å²) in [7, 11) is 0. The number of hydrogen-bond acceptors (Lipinski definition) is 5. The molecule has 6 nitrogen and oxygen atoms in total. The summed E-state index contributed by atoms with van der Waals surface area (Å²) in [6, 6.07) is 12.9. The van der Waals surface area contributed by atoms with E-state index >= 15 is 0 Å². The third kappa shape index (κ3) is 3.74. The van der Waals surface area contributed by atoms with Crippen molar-refractivity contribution in [3.8, 4) is 0 Å². The maximum atomic E-state index is 12.8. The van der Waals surface area contributed by atoms with E-state index in [1.807, 2.05) is 37.3 Å². The number of anilines is 2. The first-order chi connectivity index (χ1) is 14.5. The SMILES string of the molecule is CCc1oc2ccc(Nc3ncc(C=O)c(=O)n3Cc3ccc(Cl)cc3)cc2c1C. The number of carbonyl (C=O) groups is 1. The molecule has 152 valence electrons. The summed E-state index contributed by atoms with van der Waals surface area (Å²) in [5.74, 6) is 1.30. The lowest BCUT2D eigenvalue weighted by Crippen LogP contribution is -2.27. The molecule has 4 aromatic rings. The Morgan fingerprint density at radius 3 is 2.67 bits per heavy atom. The van der Waals surface area contributed by atoms with E-state index in [-0.39, 0.29) is 12.1 Å². The van der Waals surface area contributed by atoms with Crippen LogP contribution in [-0.4, -0.2) is 15.8 Å². The topological polar surface area (TPSA) is 77.1 Å². The molecule has 7 heteroatoms. The summed E-state index contributed by atoms with van der Waals surface area (Å²) >= 11 is 5.96. The second kappa shape index (κ2) is 8.16. The second-order valence-electron chi connectivity index (χ2n) is 7.01. The second-order valence-corrected chi connectivity index (χ2v) is 7.45. The van der Waals surface area contributed by atoms with Gasteiger partial charge in [0.25, 0.3) is 5.56 Å². The highest BCUT2D eigenvalue weighted by molar-refractivity contribution is 6.30. The van der Waals surface area contributed by atoms with Crippen LogP contribution in [0.5, 0.6) is 0 Å². The predicted molar refractivity (Wildman–Crippen MR) is 118 cm³/mol. The number of benzene rings is 2. The monoisotopic (exact) mass is 421 g/mol. The van der Waals surface area contributed by atoms with E-state index in [4.69, 9.17) is 16.0 Å². The van der Waals surface area contributed by atoms with Gasteiger partial charge in [-0.1, -0.05) is 30.7 Å². The molecule has 2 aromatic heterocycles. The first kappa shape index (κ1) is 19.9. The molecule has 0 fully saturated rings. The van der Waals surface area contributed by atoms with Crippen LogP contribution in [0.15, 0.2) is 57.9 Å². The van der Waals surface area contributed by atoms with Crippen LogP contribution in [0.4, 0.5) is 11.6 Å². The Labute approximate surface area is 178 Å². The molecule has 0 radical (unpaired) electrons. The van der Waals surface area contributed by atoms with Crippen LogP contribution in [0.1, 0.15) is 34.2 Å². The van der Waals surface area contributed by atoms with Crippen molar-refractivity contribution in [2.75, 3.05) is 5.32 Å². The number of nitrogens with zero attached hydrogens (tertiary/aromatic N) is 2. The van der Waals surface area contributed by atoms with Crippen LogP contribution < -0.4 is 10.9 Å². The van der Waals surface area contributed by atoms with Gasteiger partial charge in [0.1, 0.15) is 11.3 Å². The molecule has 0 saturated heterocycles. The van der Waals surface area contributed by atoms with Crippen LogP contribution in [0.25, 0.3) is 11.0 Å². The summed E-state index contributed by atoms with van der Waals surface area (Å²) < 4.78 is 7.31. The average Bonchev–Trinajstić information content (AvgIpc) is 3.07. The smallest absolute Gasteiger partial charge is 0.265 e. The number of carbonyl (C=O) groups excluding carboxylic acids is 1. The van der Waals surface area contributed by atoms with Gasteiger partial charge in [-0.2, -0.15) is 0 Å². The lowest BCUT2D eigenvalue weighted by atomic mass is 10.1. The molecule has 2 aromatic carbocycles. The van der Waals surface area contributed by atoms with Gasteiger partial charge >= 0.3 is 0 Å². The molecule has 30 heavy (non-hydrogen) atoms. The lowest BCUT2D eigenvalue weighted by Gasteiger charge is -2.14. The molecular weight excluding hydrogens is 402 g/mol. The minimum atomic E-state index is -0.411. The summed E-state index contributed by atoms with van der Waals surface area (Å²) in [6.45, 7) is 4.33. The minimum absolute atomic E-state index is 0.00299. The molecule has 0 bridgehead atoms. The molecule has 2 heterocycles. The van der Waals surface area contributed by atoms with E-state index < -0.39 is 5.56 Å². The van der Waals surface area contributed by atoms with Crippen molar-refractivity contribution < 1.29 is 9.21 Å². The first-order valence-corrected chi connectivity index (χ1v) is 9.96. The summed E-state index contributed by atoms with van der Waals surface area (Å²) in [4.78, 5) is 28.4. The fraction of sp³-hybridized carbons (Fsp3) is 0.174. The predicted octanol–water partition coefficient (Wildman–Crippen LogP) is 5.12.